The number of para-hydroxylation sites is 2. The molecule has 4 aromatic carbocycles. The first-order valence-corrected chi connectivity index (χ1v) is 22.1. The fourth-order valence-electron chi connectivity index (χ4n) is 10.7. The number of aromatic nitrogens is 3. The number of carbonyl (C=O) groups is 4. The smallest absolute Gasteiger partial charge is 0.242 e. The summed E-state index contributed by atoms with van der Waals surface area (Å²) in [6.07, 6.45) is 2.36. The maximum Gasteiger partial charge on any atom is 0.242 e. The molecule has 3 aromatic heterocycles. The summed E-state index contributed by atoms with van der Waals surface area (Å²) in [5.41, 5.74) is 3.97. The van der Waals surface area contributed by atoms with Gasteiger partial charge in [-0.05, 0) is 116 Å². The van der Waals surface area contributed by atoms with Gasteiger partial charge in [0.05, 0.1) is 45.9 Å². The number of benzene rings is 4. The maximum absolute atomic E-state index is 15.3. The van der Waals surface area contributed by atoms with Crippen molar-refractivity contribution < 1.29 is 33.4 Å². The zero-order chi connectivity index (χ0) is 43.8. The number of aromatic hydroxyl groups is 1. The molecule has 6 unspecified atom stereocenters. The molecule has 15 heteroatoms. The molecule has 4 aliphatic rings. The van der Waals surface area contributed by atoms with Gasteiger partial charge < -0.3 is 14.3 Å². The van der Waals surface area contributed by atoms with Gasteiger partial charge in [-0.1, -0.05) is 47.0 Å². The van der Waals surface area contributed by atoms with Gasteiger partial charge >= 0.3 is 0 Å². The quantitative estimate of drug-likeness (QED) is 0.127. The van der Waals surface area contributed by atoms with E-state index in [-0.39, 0.29) is 41.2 Å². The third kappa shape index (κ3) is 5.65. The van der Waals surface area contributed by atoms with Crippen LogP contribution in [0, 0.1) is 36.0 Å². The highest BCUT2D eigenvalue weighted by Gasteiger charge is 2.68. The molecule has 6 atom stereocenters. The highest BCUT2D eigenvalue weighted by Crippen LogP contribution is 2.64. The second kappa shape index (κ2) is 14.1. The summed E-state index contributed by atoms with van der Waals surface area (Å²) < 4.78 is 14.1. The maximum atomic E-state index is 15.3. The standard InChI is InChI=1S/C48H37Cl2N5O7S/c1-22-29-19-25(49)11-16-37(29)63-42(22)34-21-38(53(3)52-34)55-45(58)31-20-30-27(40(48(31,2)47(55)60)24-17-32(50)41(56)36(18-24)61-4)14-15-28-39(30)46(59)54(44(28)57)26-12-9-23(10-13-26)43-51-33-7-5-6-8-35(33)62-43/h5-14,16-19,21,28,30-31,39-40,56H,15,20H2,1-4H3. The third-order valence-corrected chi connectivity index (χ3v) is 15.6. The molecule has 2 aliphatic heterocycles. The first-order chi connectivity index (χ1) is 30.3. The van der Waals surface area contributed by atoms with Crippen LogP contribution in [0.3, 0.4) is 0 Å². The first-order valence-electron chi connectivity index (χ1n) is 20.5. The number of phenolic OH excluding ortho intramolecular Hbond substituents is 1. The van der Waals surface area contributed by atoms with Crippen LogP contribution in [0.5, 0.6) is 11.5 Å². The summed E-state index contributed by atoms with van der Waals surface area (Å²) >= 11 is 14.5. The lowest BCUT2D eigenvalue weighted by Gasteiger charge is -2.49. The number of allylic oxidation sites excluding steroid dienone is 2. The highest BCUT2D eigenvalue weighted by atomic mass is 35.5. The van der Waals surface area contributed by atoms with Crippen molar-refractivity contribution in [2.45, 2.75) is 32.6 Å². The number of hydrogen-bond acceptors (Lipinski definition) is 10. The molecule has 0 radical (unpaired) electrons. The largest absolute Gasteiger partial charge is 0.503 e. The Morgan fingerprint density at radius 2 is 1.70 bits per heavy atom. The van der Waals surface area contributed by atoms with Gasteiger partial charge in [0.1, 0.15) is 17.0 Å². The monoisotopic (exact) mass is 897 g/mol. The number of carbonyl (C=O) groups excluding carboxylic acids is 4. The molecule has 4 amide bonds. The summed E-state index contributed by atoms with van der Waals surface area (Å²) in [5, 5.41) is 17.3. The van der Waals surface area contributed by atoms with E-state index in [1.54, 1.807) is 72.5 Å². The van der Waals surface area contributed by atoms with Crippen molar-refractivity contribution in [1.29, 1.82) is 0 Å². The van der Waals surface area contributed by atoms with Crippen molar-refractivity contribution in [1.82, 2.24) is 14.8 Å². The second-order valence-electron chi connectivity index (χ2n) is 17.0. The van der Waals surface area contributed by atoms with E-state index in [1.807, 2.05) is 55.5 Å². The Morgan fingerprint density at radius 1 is 0.921 bits per heavy atom. The molecule has 3 fully saturated rings. The SMILES string of the molecule is COc1cc(C2C3=CCC4C(=O)N(c5ccc(-c6nc7ccccc7o6)cc5)C(=O)C4C3CC3C(=O)N(c4cc(-c5sc6ccc(Cl)cc6c5C)nn4C)C(=O)C32C)cc(Cl)c1O. The van der Waals surface area contributed by atoms with Gasteiger partial charge in [0.15, 0.2) is 17.1 Å². The number of ether oxygens (including phenoxy) is 1. The highest BCUT2D eigenvalue weighted by molar-refractivity contribution is 7.22. The van der Waals surface area contributed by atoms with Crippen molar-refractivity contribution in [3.8, 4) is 33.5 Å². The van der Waals surface area contributed by atoms with Crippen molar-refractivity contribution in [3.05, 3.63) is 118 Å². The lowest BCUT2D eigenvalue weighted by molar-refractivity contribution is -0.131. The van der Waals surface area contributed by atoms with Gasteiger partial charge in [-0.2, -0.15) is 5.10 Å². The zero-order valence-electron chi connectivity index (χ0n) is 34.3. The minimum Gasteiger partial charge on any atom is -0.503 e. The topological polar surface area (TPSA) is 148 Å². The molecule has 2 saturated heterocycles. The normalized spacial score (nSPS) is 24.3. The molecule has 316 valence electrons. The summed E-state index contributed by atoms with van der Waals surface area (Å²) in [5.74, 6) is -4.78. The lowest BCUT2D eigenvalue weighted by atomic mass is 9.51. The van der Waals surface area contributed by atoms with E-state index in [4.69, 9.17) is 37.5 Å². The Bertz CT molecular complexity index is 3160. The van der Waals surface area contributed by atoms with Crippen LogP contribution in [0.4, 0.5) is 11.5 Å². The predicted octanol–water partition coefficient (Wildman–Crippen LogP) is 9.87. The summed E-state index contributed by atoms with van der Waals surface area (Å²) in [6.45, 7) is 3.79. The number of halogens is 2. The number of oxazole rings is 1. The predicted molar refractivity (Wildman–Crippen MR) is 240 cm³/mol. The minimum absolute atomic E-state index is 0.00500. The van der Waals surface area contributed by atoms with E-state index in [9.17, 15) is 14.7 Å². The van der Waals surface area contributed by atoms with Gasteiger partial charge in [0.2, 0.25) is 29.5 Å². The van der Waals surface area contributed by atoms with Crippen LogP contribution in [-0.4, -0.2) is 50.6 Å². The molecule has 1 saturated carbocycles. The Kier molecular flexibility index (Phi) is 8.86. The van der Waals surface area contributed by atoms with Crippen LogP contribution in [0.1, 0.15) is 36.8 Å². The molecule has 0 spiro atoms. The van der Waals surface area contributed by atoms with E-state index < -0.39 is 46.8 Å². The Morgan fingerprint density at radius 3 is 2.46 bits per heavy atom. The van der Waals surface area contributed by atoms with Crippen molar-refractivity contribution in [2.75, 3.05) is 16.9 Å². The number of phenols is 1. The summed E-state index contributed by atoms with van der Waals surface area (Å²) in [4.78, 5) is 67.5. The first kappa shape index (κ1) is 39.6. The number of anilines is 2. The van der Waals surface area contributed by atoms with Gasteiger partial charge in [0.25, 0.3) is 0 Å². The Labute approximate surface area is 374 Å². The molecule has 63 heavy (non-hydrogen) atoms. The van der Waals surface area contributed by atoms with Gasteiger partial charge in [-0.3, -0.25) is 28.8 Å². The van der Waals surface area contributed by atoms with Gasteiger partial charge in [-0.25, -0.2) is 9.88 Å². The third-order valence-electron chi connectivity index (χ3n) is 13.8. The molecule has 5 heterocycles. The van der Waals surface area contributed by atoms with E-state index >= 15 is 9.59 Å². The number of rotatable bonds is 6. The molecule has 12 nitrogen and oxygen atoms in total. The molecule has 2 aliphatic carbocycles. The fraction of sp³-hybridized carbons (Fsp3) is 0.250. The van der Waals surface area contributed by atoms with Crippen LogP contribution in [0.25, 0.3) is 43.2 Å². The molecular weight excluding hydrogens is 862 g/mol. The molecule has 11 rings (SSSR count). The van der Waals surface area contributed by atoms with E-state index in [1.165, 1.54) is 16.9 Å². The van der Waals surface area contributed by atoms with Crippen LogP contribution in [0.15, 0.2) is 101 Å². The van der Waals surface area contributed by atoms with Crippen LogP contribution in [0.2, 0.25) is 10.0 Å². The van der Waals surface area contributed by atoms with Crippen molar-refractivity contribution in [2.24, 2.45) is 36.1 Å². The van der Waals surface area contributed by atoms with Gasteiger partial charge in [0, 0.05) is 34.3 Å². The van der Waals surface area contributed by atoms with Crippen LogP contribution >= 0.6 is 34.5 Å². The van der Waals surface area contributed by atoms with E-state index in [0.29, 0.717) is 50.3 Å². The number of fused-ring (bicyclic) bond motifs is 6. The van der Waals surface area contributed by atoms with Crippen LogP contribution < -0.4 is 14.5 Å². The number of methoxy groups -OCH3 is 1. The number of thiophene rings is 1. The average molecular weight is 899 g/mol. The Balaban J connectivity index is 0.983. The molecule has 7 aromatic rings. The molecular formula is C48H37Cl2N5O7S. The van der Waals surface area contributed by atoms with Gasteiger partial charge in [-0.15, -0.1) is 11.3 Å². The average Bonchev–Trinajstić information content (AvgIpc) is 4.06. The lowest BCUT2D eigenvalue weighted by Crippen LogP contribution is -2.49. The summed E-state index contributed by atoms with van der Waals surface area (Å²) in [6, 6.07) is 25.1. The van der Waals surface area contributed by atoms with Crippen molar-refractivity contribution in [3.63, 3.8) is 0 Å². The van der Waals surface area contributed by atoms with Crippen molar-refractivity contribution >= 4 is 90.9 Å². The zero-order valence-corrected chi connectivity index (χ0v) is 36.6. The van der Waals surface area contributed by atoms with E-state index in [2.05, 4.69) is 4.98 Å². The van der Waals surface area contributed by atoms with E-state index in [0.717, 1.165) is 26.1 Å². The minimum atomic E-state index is -1.38. The number of aryl methyl sites for hydroxylation is 2. The number of imide groups is 2. The summed E-state index contributed by atoms with van der Waals surface area (Å²) in [7, 11) is 3.11. The molecule has 1 N–H and O–H groups in total. The number of hydrogen-bond donors (Lipinski definition) is 1. The van der Waals surface area contributed by atoms with Crippen LogP contribution in [-0.2, 0) is 26.2 Å². The number of nitrogens with zero attached hydrogens (tertiary/aromatic N) is 5. The Hall–Kier alpha value is -6.28. The second-order valence-corrected chi connectivity index (χ2v) is 18.9. The number of amides is 4. The fourth-order valence-corrected chi connectivity index (χ4v) is 12.3. The molecule has 0 bridgehead atoms.